The van der Waals surface area contributed by atoms with Gasteiger partial charge in [-0.05, 0) is 49.9 Å². The molecule has 1 aliphatic rings. The third kappa shape index (κ3) is 3.25. The Hall–Kier alpha value is -2.01. The second-order valence-corrected chi connectivity index (χ2v) is 5.41. The highest BCUT2D eigenvalue weighted by Gasteiger charge is 2.31. The SMILES string of the molecule is CCOC(=O)c1ccc(N2C=CN(N)C2C(CC)CC)cc1. The topological polar surface area (TPSA) is 58.8 Å². The van der Waals surface area contributed by atoms with Gasteiger partial charge in [0, 0.05) is 18.1 Å². The largest absolute Gasteiger partial charge is 0.462 e. The Kier molecular flexibility index (Phi) is 5.44. The predicted molar refractivity (Wildman–Crippen MR) is 87.9 cm³/mol. The third-order valence-corrected chi connectivity index (χ3v) is 4.14. The van der Waals surface area contributed by atoms with Gasteiger partial charge in [0.05, 0.1) is 12.2 Å². The molecule has 22 heavy (non-hydrogen) atoms. The summed E-state index contributed by atoms with van der Waals surface area (Å²) in [5, 5.41) is 1.76. The molecule has 0 bridgehead atoms. The molecule has 2 rings (SSSR count). The van der Waals surface area contributed by atoms with Gasteiger partial charge in [-0.1, -0.05) is 13.8 Å². The van der Waals surface area contributed by atoms with Crippen LogP contribution in [0.4, 0.5) is 5.69 Å². The molecule has 0 fully saturated rings. The molecule has 0 aliphatic carbocycles. The molecular weight excluding hydrogens is 278 g/mol. The highest BCUT2D eigenvalue weighted by Crippen LogP contribution is 2.30. The monoisotopic (exact) mass is 303 g/mol. The number of carbonyl (C=O) groups excluding carboxylic acids is 1. The molecule has 120 valence electrons. The molecule has 0 saturated carbocycles. The number of rotatable bonds is 6. The molecule has 1 aliphatic heterocycles. The highest BCUT2D eigenvalue weighted by molar-refractivity contribution is 5.89. The molecule has 0 amide bonds. The van der Waals surface area contributed by atoms with Crippen molar-refractivity contribution in [2.45, 2.75) is 39.8 Å². The first kappa shape index (κ1) is 16.4. The summed E-state index contributed by atoms with van der Waals surface area (Å²) in [6.45, 7) is 6.55. The summed E-state index contributed by atoms with van der Waals surface area (Å²) in [5.41, 5.74) is 1.59. The third-order valence-electron chi connectivity index (χ3n) is 4.14. The molecular formula is C17H25N3O2. The van der Waals surface area contributed by atoms with Crippen molar-refractivity contribution in [3.8, 4) is 0 Å². The van der Waals surface area contributed by atoms with Gasteiger partial charge in [0.25, 0.3) is 0 Å². The summed E-state index contributed by atoms with van der Waals surface area (Å²) in [5.74, 6) is 6.29. The summed E-state index contributed by atoms with van der Waals surface area (Å²) in [6.07, 6.45) is 6.12. The van der Waals surface area contributed by atoms with Crippen LogP contribution in [0.25, 0.3) is 0 Å². The van der Waals surface area contributed by atoms with Gasteiger partial charge in [-0.15, -0.1) is 0 Å². The number of benzene rings is 1. The van der Waals surface area contributed by atoms with E-state index in [0.29, 0.717) is 18.1 Å². The zero-order valence-corrected chi connectivity index (χ0v) is 13.5. The van der Waals surface area contributed by atoms with Gasteiger partial charge in [-0.2, -0.15) is 0 Å². The number of hydrogen-bond donors (Lipinski definition) is 1. The van der Waals surface area contributed by atoms with E-state index >= 15 is 0 Å². The lowest BCUT2D eigenvalue weighted by Crippen LogP contribution is -2.47. The van der Waals surface area contributed by atoms with Crippen LogP contribution in [0.15, 0.2) is 36.7 Å². The van der Waals surface area contributed by atoms with E-state index in [2.05, 4.69) is 18.7 Å². The number of nitrogens with two attached hydrogens (primary N) is 1. The van der Waals surface area contributed by atoms with E-state index in [4.69, 9.17) is 10.6 Å². The number of carbonyl (C=O) groups is 1. The van der Waals surface area contributed by atoms with Crippen molar-refractivity contribution in [1.82, 2.24) is 5.01 Å². The van der Waals surface area contributed by atoms with E-state index in [1.807, 2.05) is 24.5 Å². The van der Waals surface area contributed by atoms with Crippen molar-refractivity contribution in [2.75, 3.05) is 11.5 Å². The van der Waals surface area contributed by atoms with Gasteiger partial charge in [0.2, 0.25) is 0 Å². The van der Waals surface area contributed by atoms with E-state index < -0.39 is 0 Å². The standard InChI is InChI=1S/C17H25N3O2/c1-4-13(5-2)16-19(11-12-20(16)18)15-9-7-14(8-10-15)17(21)22-6-3/h7-13,16H,4-6,18H2,1-3H3. The second kappa shape index (κ2) is 7.31. The maximum atomic E-state index is 11.7. The highest BCUT2D eigenvalue weighted by atomic mass is 16.5. The fourth-order valence-corrected chi connectivity index (χ4v) is 2.87. The van der Waals surface area contributed by atoms with Crippen LogP contribution >= 0.6 is 0 Å². The van der Waals surface area contributed by atoms with Crippen molar-refractivity contribution < 1.29 is 9.53 Å². The lowest BCUT2D eigenvalue weighted by Gasteiger charge is -2.35. The van der Waals surface area contributed by atoms with E-state index in [9.17, 15) is 4.79 Å². The smallest absolute Gasteiger partial charge is 0.338 e. The molecule has 5 nitrogen and oxygen atoms in total. The fourth-order valence-electron chi connectivity index (χ4n) is 2.87. The molecule has 5 heteroatoms. The van der Waals surface area contributed by atoms with Crippen LogP contribution in [-0.2, 0) is 4.74 Å². The first-order chi connectivity index (χ1) is 10.6. The minimum atomic E-state index is -0.289. The number of hydrazine groups is 1. The summed E-state index contributed by atoms with van der Waals surface area (Å²) in [4.78, 5) is 13.9. The van der Waals surface area contributed by atoms with Crippen LogP contribution in [0.2, 0.25) is 0 Å². The summed E-state index contributed by atoms with van der Waals surface area (Å²) in [6, 6.07) is 7.46. The molecule has 1 aromatic rings. The zero-order valence-electron chi connectivity index (χ0n) is 13.5. The van der Waals surface area contributed by atoms with Crippen molar-refractivity contribution in [2.24, 2.45) is 11.8 Å². The van der Waals surface area contributed by atoms with Crippen LogP contribution < -0.4 is 10.7 Å². The van der Waals surface area contributed by atoms with Gasteiger partial charge in [-0.3, -0.25) is 5.01 Å². The molecule has 0 radical (unpaired) electrons. The molecule has 0 spiro atoms. The van der Waals surface area contributed by atoms with Crippen LogP contribution in [-0.4, -0.2) is 23.8 Å². The minimum Gasteiger partial charge on any atom is -0.462 e. The molecule has 0 aromatic heterocycles. The van der Waals surface area contributed by atoms with Crippen LogP contribution in [0, 0.1) is 5.92 Å². The van der Waals surface area contributed by atoms with Crippen molar-refractivity contribution >= 4 is 11.7 Å². The van der Waals surface area contributed by atoms with Gasteiger partial charge >= 0.3 is 5.97 Å². The minimum absolute atomic E-state index is 0.114. The van der Waals surface area contributed by atoms with E-state index in [1.165, 1.54) is 0 Å². The number of anilines is 1. The number of esters is 1. The number of nitrogens with zero attached hydrogens (tertiary/aromatic N) is 2. The van der Waals surface area contributed by atoms with E-state index in [1.54, 1.807) is 24.1 Å². The Morgan fingerprint density at radius 3 is 2.36 bits per heavy atom. The first-order valence-electron chi connectivity index (χ1n) is 7.89. The Morgan fingerprint density at radius 2 is 1.82 bits per heavy atom. The Labute approximate surface area is 132 Å². The lowest BCUT2D eigenvalue weighted by molar-refractivity contribution is 0.0526. The van der Waals surface area contributed by atoms with Gasteiger partial charge in [0.15, 0.2) is 0 Å². The Morgan fingerprint density at radius 1 is 1.18 bits per heavy atom. The molecule has 1 unspecified atom stereocenters. The van der Waals surface area contributed by atoms with Crippen molar-refractivity contribution in [1.29, 1.82) is 0 Å². The molecule has 1 heterocycles. The maximum Gasteiger partial charge on any atom is 0.338 e. The quantitative estimate of drug-likeness (QED) is 0.646. The first-order valence-corrected chi connectivity index (χ1v) is 7.89. The Bertz CT molecular complexity index is 523. The summed E-state index contributed by atoms with van der Waals surface area (Å²) < 4.78 is 5.01. The maximum absolute atomic E-state index is 11.7. The van der Waals surface area contributed by atoms with Gasteiger partial charge in [-0.25, -0.2) is 10.6 Å². The number of hydrogen-bond acceptors (Lipinski definition) is 5. The summed E-state index contributed by atoms with van der Waals surface area (Å²) >= 11 is 0. The second-order valence-electron chi connectivity index (χ2n) is 5.41. The molecule has 1 atom stereocenters. The molecule has 0 saturated heterocycles. The average Bonchev–Trinajstić information content (AvgIpc) is 2.91. The van der Waals surface area contributed by atoms with Gasteiger partial charge < -0.3 is 9.64 Å². The fraction of sp³-hybridized carbons (Fsp3) is 0.471. The number of ether oxygens (including phenoxy) is 1. The van der Waals surface area contributed by atoms with Crippen LogP contribution in [0.5, 0.6) is 0 Å². The van der Waals surface area contributed by atoms with Gasteiger partial charge in [0.1, 0.15) is 6.17 Å². The van der Waals surface area contributed by atoms with Crippen LogP contribution in [0.1, 0.15) is 44.0 Å². The lowest BCUT2D eigenvalue weighted by atomic mass is 9.98. The summed E-state index contributed by atoms with van der Waals surface area (Å²) in [7, 11) is 0. The average molecular weight is 303 g/mol. The normalized spacial score (nSPS) is 17.4. The van der Waals surface area contributed by atoms with E-state index in [0.717, 1.165) is 18.5 Å². The molecule has 2 N–H and O–H groups in total. The van der Waals surface area contributed by atoms with Crippen LogP contribution in [0.3, 0.4) is 0 Å². The van der Waals surface area contributed by atoms with Crippen molar-refractivity contribution in [3.05, 3.63) is 42.2 Å². The molecule has 1 aromatic carbocycles. The van der Waals surface area contributed by atoms with Crippen molar-refractivity contribution in [3.63, 3.8) is 0 Å². The zero-order chi connectivity index (χ0) is 16.1. The predicted octanol–water partition coefficient (Wildman–Crippen LogP) is 3.09. The van der Waals surface area contributed by atoms with E-state index in [-0.39, 0.29) is 12.1 Å². The Balaban J connectivity index is 2.19.